The van der Waals surface area contributed by atoms with Gasteiger partial charge in [0.1, 0.15) is 5.75 Å². The van der Waals surface area contributed by atoms with Crippen LogP contribution in [-0.2, 0) is 9.59 Å². The van der Waals surface area contributed by atoms with Crippen molar-refractivity contribution in [2.24, 2.45) is 0 Å². The van der Waals surface area contributed by atoms with Gasteiger partial charge in [0.15, 0.2) is 0 Å². The van der Waals surface area contributed by atoms with E-state index < -0.39 is 5.25 Å². The second-order valence-corrected chi connectivity index (χ2v) is 7.40. The van der Waals surface area contributed by atoms with Crippen LogP contribution < -0.4 is 15.4 Å². The first-order valence-corrected chi connectivity index (χ1v) is 8.89. The monoisotopic (exact) mass is 376 g/mol. The number of nitrogens with two attached hydrogens (primary N) is 1. The molecule has 1 saturated heterocycles. The van der Waals surface area contributed by atoms with E-state index in [0.29, 0.717) is 22.1 Å². The van der Waals surface area contributed by atoms with Crippen molar-refractivity contribution in [2.45, 2.75) is 23.5 Å². The Morgan fingerprint density at radius 3 is 2.56 bits per heavy atom. The molecule has 0 aromatic heterocycles. The van der Waals surface area contributed by atoms with Crippen LogP contribution in [0.2, 0.25) is 5.02 Å². The molecule has 2 aromatic carbocycles. The number of hydrogen-bond donors (Lipinski definition) is 1. The second kappa shape index (κ2) is 6.98. The number of carbonyl (C=O) groups excluding carboxylic acids is 2. The molecule has 0 saturated carbocycles. The summed E-state index contributed by atoms with van der Waals surface area (Å²) in [5.41, 5.74) is 7.53. The smallest absolute Gasteiger partial charge is 0.247 e. The topological polar surface area (TPSA) is 72.6 Å². The summed E-state index contributed by atoms with van der Waals surface area (Å²) in [7, 11) is 1.48. The SMILES string of the molecule is COc1cc(Cl)c(C)cc1N1C(=O)CC(Sc2ccc(N)cc2)C1=O. The highest BCUT2D eigenvalue weighted by Crippen LogP contribution is 2.39. The fraction of sp³-hybridized carbons (Fsp3) is 0.222. The van der Waals surface area contributed by atoms with Gasteiger partial charge in [-0.1, -0.05) is 11.6 Å². The van der Waals surface area contributed by atoms with Crippen molar-refractivity contribution in [3.05, 3.63) is 47.0 Å². The number of amides is 2. The first-order valence-electron chi connectivity index (χ1n) is 7.64. The molecule has 1 atom stereocenters. The highest BCUT2D eigenvalue weighted by atomic mass is 35.5. The van der Waals surface area contributed by atoms with E-state index in [0.717, 1.165) is 10.5 Å². The van der Waals surface area contributed by atoms with Crippen molar-refractivity contribution in [1.82, 2.24) is 0 Å². The minimum atomic E-state index is -0.475. The summed E-state index contributed by atoms with van der Waals surface area (Å²) in [6.07, 6.45) is 0.138. The standard InChI is InChI=1S/C18H17ClN2O3S/c1-10-7-14(15(24-2)8-13(10)19)21-17(22)9-16(18(21)23)25-12-5-3-11(20)4-6-12/h3-8,16H,9,20H2,1-2H3. The number of carbonyl (C=O) groups is 2. The van der Waals surface area contributed by atoms with E-state index in [9.17, 15) is 9.59 Å². The summed E-state index contributed by atoms with van der Waals surface area (Å²) in [5, 5.41) is 0.0457. The third kappa shape index (κ3) is 3.45. The Labute approximate surface area is 155 Å². The number of nitrogen functional groups attached to an aromatic ring is 1. The number of aryl methyl sites for hydroxylation is 1. The molecule has 2 aromatic rings. The van der Waals surface area contributed by atoms with Crippen molar-refractivity contribution in [2.75, 3.05) is 17.7 Å². The number of ether oxygens (including phenoxy) is 1. The number of imide groups is 1. The van der Waals surface area contributed by atoms with E-state index in [1.54, 1.807) is 24.3 Å². The molecule has 2 amide bonds. The lowest BCUT2D eigenvalue weighted by Gasteiger charge is -2.19. The van der Waals surface area contributed by atoms with E-state index in [2.05, 4.69) is 0 Å². The Kier molecular flexibility index (Phi) is 4.92. The van der Waals surface area contributed by atoms with Crippen LogP contribution in [0, 0.1) is 6.92 Å². The Hall–Kier alpha value is -2.18. The number of nitrogens with zero attached hydrogens (tertiary/aromatic N) is 1. The van der Waals surface area contributed by atoms with Gasteiger partial charge >= 0.3 is 0 Å². The van der Waals surface area contributed by atoms with Crippen molar-refractivity contribution in [3.8, 4) is 5.75 Å². The maximum Gasteiger partial charge on any atom is 0.247 e. The zero-order valence-corrected chi connectivity index (χ0v) is 15.4. The Bertz CT molecular complexity index is 839. The molecule has 5 nitrogen and oxygen atoms in total. The Morgan fingerprint density at radius 2 is 1.92 bits per heavy atom. The molecule has 130 valence electrons. The number of benzene rings is 2. The largest absolute Gasteiger partial charge is 0.495 e. The van der Waals surface area contributed by atoms with Crippen LogP contribution in [0.4, 0.5) is 11.4 Å². The molecular weight excluding hydrogens is 360 g/mol. The number of rotatable bonds is 4. The minimum absolute atomic E-state index is 0.138. The van der Waals surface area contributed by atoms with Crippen LogP contribution in [-0.4, -0.2) is 24.2 Å². The molecule has 0 spiro atoms. The number of methoxy groups -OCH3 is 1. The third-order valence-electron chi connectivity index (χ3n) is 3.96. The number of hydrogen-bond acceptors (Lipinski definition) is 5. The maximum absolute atomic E-state index is 12.8. The minimum Gasteiger partial charge on any atom is -0.495 e. The lowest BCUT2D eigenvalue weighted by molar-refractivity contribution is -0.121. The predicted octanol–water partition coefficient (Wildman–Crippen LogP) is 3.66. The quantitative estimate of drug-likeness (QED) is 0.651. The fourth-order valence-electron chi connectivity index (χ4n) is 2.65. The fourth-order valence-corrected chi connectivity index (χ4v) is 3.85. The van der Waals surface area contributed by atoms with E-state index in [1.807, 2.05) is 19.1 Å². The summed E-state index contributed by atoms with van der Waals surface area (Å²) in [4.78, 5) is 27.4. The number of thioether (sulfide) groups is 1. The predicted molar refractivity (Wildman–Crippen MR) is 100 cm³/mol. The van der Waals surface area contributed by atoms with Crippen LogP contribution in [0.5, 0.6) is 5.75 Å². The molecular formula is C18H17ClN2O3S. The van der Waals surface area contributed by atoms with Gasteiger partial charge in [-0.3, -0.25) is 9.59 Å². The molecule has 25 heavy (non-hydrogen) atoms. The maximum atomic E-state index is 12.8. The average Bonchev–Trinajstić information content (AvgIpc) is 2.85. The Balaban J connectivity index is 1.89. The lowest BCUT2D eigenvalue weighted by atomic mass is 10.2. The molecule has 3 rings (SSSR count). The van der Waals surface area contributed by atoms with Gasteiger partial charge in [-0.2, -0.15) is 0 Å². The van der Waals surface area contributed by atoms with Crippen LogP contribution >= 0.6 is 23.4 Å². The van der Waals surface area contributed by atoms with Crippen molar-refractivity contribution in [1.29, 1.82) is 0 Å². The highest BCUT2D eigenvalue weighted by molar-refractivity contribution is 8.00. The molecule has 1 heterocycles. The molecule has 0 aliphatic carbocycles. The van der Waals surface area contributed by atoms with E-state index in [4.69, 9.17) is 22.1 Å². The van der Waals surface area contributed by atoms with E-state index in [1.165, 1.54) is 23.8 Å². The van der Waals surface area contributed by atoms with Gasteiger partial charge in [-0.15, -0.1) is 11.8 Å². The van der Waals surface area contributed by atoms with Gasteiger partial charge in [0.25, 0.3) is 0 Å². The van der Waals surface area contributed by atoms with E-state index >= 15 is 0 Å². The van der Waals surface area contributed by atoms with Gasteiger partial charge in [-0.05, 0) is 42.8 Å². The lowest BCUT2D eigenvalue weighted by Crippen LogP contribution is -2.31. The molecule has 1 aliphatic rings. The first-order chi connectivity index (χ1) is 11.9. The summed E-state index contributed by atoms with van der Waals surface area (Å²) >= 11 is 7.47. The van der Waals surface area contributed by atoms with Crippen LogP contribution in [0.25, 0.3) is 0 Å². The molecule has 1 fully saturated rings. The van der Waals surface area contributed by atoms with Gasteiger partial charge < -0.3 is 10.5 Å². The zero-order valence-electron chi connectivity index (χ0n) is 13.8. The van der Waals surface area contributed by atoms with Crippen LogP contribution in [0.15, 0.2) is 41.3 Å². The van der Waals surface area contributed by atoms with Crippen LogP contribution in [0.3, 0.4) is 0 Å². The van der Waals surface area contributed by atoms with Gasteiger partial charge in [-0.25, -0.2) is 4.90 Å². The molecule has 7 heteroatoms. The van der Waals surface area contributed by atoms with Crippen LogP contribution in [0.1, 0.15) is 12.0 Å². The second-order valence-electron chi connectivity index (χ2n) is 5.72. The first kappa shape index (κ1) is 17.6. The Morgan fingerprint density at radius 1 is 1.24 bits per heavy atom. The summed E-state index contributed by atoms with van der Waals surface area (Å²) in [5.74, 6) is -0.111. The van der Waals surface area contributed by atoms with E-state index in [-0.39, 0.29) is 18.2 Å². The molecule has 1 unspecified atom stereocenters. The van der Waals surface area contributed by atoms with Crippen molar-refractivity contribution in [3.63, 3.8) is 0 Å². The average molecular weight is 377 g/mol. The molecule has 0 bridgehead atoms. The normalized spacial score (nSPS) is 17.2. The van der Waals surface area contributed by atoms with Crippen molar-refractivity contribution >= 4 is 46.6 Å². The molecule has 0 radical (unpaired) electrons. The highest BCUT2D eigenvalue weighted by Gasteiger charge is 2.41. The van der Waals surface area contributed by atoms with Crippen molar-refractivity contribution < 1.29 is 14.3 Å². The van der Waals surface area contributed by atoms with Gasteiger partial charge in [0.2, 0.25) is 11.8 Å². The summed E-state index contributed by atoms with van der Waals surface area (Å²) in [6, 6.07) is 10.5. The zero-order chi connectivity index (χ0) is 18.1. The molecule has 2 N–H and O–H groups in total. The number of anilines is 2. The molecule has 1 aliphatic heterocycles. The third-order valence-corrected chi connectivity index (χ3v) is 5.57. The summed E-state index contributed by atoms with van der Waals surface area (Å²) in [6.45, 7) is 1.82. The van der Waals surface area contributed by atoms with Gasteiger partial charge in [0.05, 0.1) is 18.0 Å². The number of halogens is 1. The summed E-state index contributed by atoms with van der Waals surface area (Å²) < 4.78 is 5.31. The van der Waals surface area contributed by atoms with Gasteiger partial charge in [0, 0.05) is 28.1 Å².